The van der Waals surface area contributed by atoms with Crippen LogP contribution in [-0.4, -0.2) is 62.3 Å². The summed E-state index contributed by atoms with van der Waals surface area (Å²) < 4.78 is 12.1. The van der Waals surface area contributed by atoms with Crippen molar-refractivity contribution in [3.63, 3.8) is 0 Å². The van der Waals surface area contributed by atoms with Gasteiger partial charge in [-0.15, -0.1) is 22.9 Å². The molecule has 0 spiro atoms. The number of ether oxygens (including phenoxy) is 1. The minimum absolute atomic E-state index is 0.00426. The number of carbonyl (C=O) groups excluding carboxylic acids is 5. The molecule has 0 aliphatic carbocycles. The Morgan fingerprint density at radius 1 is 0.828 bits per heavy atom. The molecule has 0 fully saturated rings. The number of primary amides is 1. The number of amides is 6. The molecule has 0 saturated heterocycles. The first-order valence-electron chi connectivity index (χ1n) is 18.4. The van der Waals surface area contributed by atoms with E-state index in [1.54, 1.807) is 75.7 Å². The zero-order valence-electron chi connectivity index (χ0n) is 32.2. The normalized spacial score (nSPS) is 13.3. The summed E-state index contributed by atoms with van der Waals surface area (Å²) in [7, 11) is 5.01. The van der Waals surface area contributed by atoms with E-state index < -0.39 is 23.6 Å². The van der Waals surface area contributed by atoms with Crippen LogP contribution < -0.4 is 36.6 Å². The largest absolute Gasteiger partial charge is 0.487 e. The Balaban J connectivity index is 1.03. The van der Waals surface area contributed by atoms with E-state index in [9.17, 15) is 24.0 Å². The number of rotatable bonds is 13. The molecule has 58 heavy (non-hydrogen) atoms. The highest BCUT2D eigenvalue weighted by molar-refractivity contribution is 7.17. The zero-order valence-corrected chi connectivity index (χ0v) is 33.8. The first-order valence-corrected chi connectivity index (χ1v) is 19.8. The molecular weight excluding hydrogens is 782 g/mol. The fourth-order valence-corrected chi connectivity index (χ4v) is 8.40. The molecule has 1 aliphatic rings. The summed E-state index contributed by atoms with van der Waals surface area (Å²) >= 11 is 8.12. The number of alkyl halides is 1. The van der Waals surface area contributed by atoms with Crippen molar-refractivity contribution < 1.29 is 28.7 Å². The maximum Gasteiger partial charge on any atom is 0.326 e. The number of urea groups is 1. The average Bonchev–Trinajstić information content (AvgIpc) is 4.01. The van der Waals surface area contributed by atoms with E-state index in [-0.39, 0.29) is 42.0 Å². The third-order valence-corrected chi connectivity index (χ3v) is 11.4. The third kappa shape index (κ3) is 8.15. The maximum atomic E-state index is 14.0. The van der Waals surface area contributed by atoms with Gasteiger partial charge in [0.2, 0.25) is 5.91 Å². The molecule has 0 saturated carbocycles. The van der Waals surface area contributed by atoms with E-state index in [4.69, 9.17) is 22.1 Å². The number of nitrogens with zero attached hydrogens (tertiary/aromatic N) is 4. The summed E-state index contributed by atoms with van der Waals surface area (Å²) in [5, 5.41) is 14.3. The summed E-state index contributed by atoms with van der Waals surface area (Å²) in [5.74, 6) is -0.951. The van der Waals surface area contributed by atoms with Gasteiger partial charge >= 0.3 is 6.03 Å². The van der Waals surface area contributed by atoms with E-state index in [0.29, 0.717) is 41.8 Å². The van der Waals surface area contributed by atoms with Gasteiger partial charge in [0, 0.05) is 82.5 Å². The SMILES string of the molecule is Cc1csc2c(OCc3ccccc3)cc3c(c12)[C@@H](CCl)CN3C(=O)Nc1cc(C(=O)Nc2cc(C(=O)Nc3cc(C(=O)NCCC(N)=O)n(C)c3)n(C)c2)n(C)c1. The molecule has 2 aromatic carbocycles. The summed E-state index contributed by atoms with van der Waals surface area (Å²) in [5.41, 5.74) is 11.0. The number of hydrogen-bond acceptors (Lipinski definition) is 7. The van der Waals surface area contributed by atoms with Gasteiger partial charge in [-0.25, -0.2) is 4.79 Å². The Hall–Kier alpha value is -6.52. The van der Waals surface area contributed by atoms with Crippen molar-refractivity contribution >= 4 is 85.4 Å². The van der Waals surface area contributed by atoms with Gasteiger partial charge in [0.1, 0.15) is 29.4 Å². The molecule has 0 unspecified atom stereocenters. The number of nitrogens with two attached hydrogens (primary N) is 1. The van der Waals surface area contributed by atoms with Crippen LogP contribution in [-0.2, 0) is 32.5 Å². The van der Waals surface area contributed by atoms with E-state index in [2.05, 4.69) is 33.6 Å². The molecule has 300 valence electrons. The molecule has 1 aliphatic heterocycles. The quantitative estimate of drug-likeness (QED) is 0.0853. The number of aryl methyl sites for hydroxylation is 4. The number of benzene rings is 2. The second kappa shape index (κ2) is 16.5. The number of anilines is 4. The lowest BCUT2D eigenvalue weighted by Gasteiger charge is -2.19. The number of nitrogens with one attached hydrogen (secondary N) is 4. The maximum absolute atomic E-state index is 14.0. The fraction of sp³-hybridized carbons (Fsp3) is 0.244. The molecule has 6 N–H and O–H groups in total. The monoisotopic (exact) mass is 823 g/mol. The molecule has 1 atom stereocenters. The summed E-state index contributed by atoms with van der Waals surface area (Å²) in [6.07, 6.45) is 4.84. The van der Waals surface area contributed by atoms with E-state index in [1.165, 1.54) is 12.1 Å². The second-order valence-corrected chi connectivity index (χ2v) is 15.3. The molecule has 17 heteroatoms. The van der Waals surface area contributed by atoms with Crippen molar-refractivity contribution in [2.24, 2.45) is 26.9 Å². The van der Waals surface area contributed by atoms with E-state index in [0.717, 1.165) is 32.5 Å². The highest BCUT2D eigenvalue weighted by Crippen LogP contribution is 2.49. The van der Waals surface area contributed by atoms with Crippen molar-refractivity contribution in [2.45, 2.75) is 25.9 Å². The standard InChI is InChI=1S/C41H42ClN9O6S/c1-23-22-58-37-33(57-21-24-8-6-5-7-9-24)15-29-36(35(23)37)25(16-42)17-51(29)41(56)47-28-14-32(50(4)20-28)40(55)46-27-13-31(49(3)19-27)39(54)45-26-12-30(48(2)18-26)38(53)44-11-10-34(43)52/h5-9,12-15,18-20,22,25H,10-11,16-17,21H2,1-4H3,(H2,43,52)(H,44,53)(H,45,54)(H,46,55)(H,47,56)/t25-/m0/s1. The molecule has 6 aromatic rings. The van der Waals surface area contributed by atoms with Crippen molar-refractivity contribution in [1.29, 1.82) is 0 Å². The van der Waals surface area contributed by atoms with Crippen LogP contribution in [0.1, 0.15) is 60.5 Å². The Morgan fingerprint density at radius 3 is 1.97 bits per heavy atom. The topological polar surface area (TPSA) is 187 Å². The Bertz CT molecular complexity index is 2570. The number of thiophene rings is 1. The van der Waals surface area contributed by atoms with Gasteiger partial charge in [-0.1, -0.05) is 30.3 Å². The number of aromatic nitrogens is 3. The van der Waals surface area contributed by atoms with Crippen LogP contribution in [0, 0.1) is 6.92 Å². The van der Waals surface area contributed by atoms with Gasteiger partial charge in [0.05, 0.1) is 27.4 Å². The smallest absolute Gasteiger partial charge is 0.326 e. The first kappa shape index (κ1) is 39.7. The van der Waals surface area contributed by atoms with Crippen LogP contribution in [0.25, 0.3) is 10.1 Å². The van der Waals surface area contributed by atoms with Gasteiger partial charge in [-0.3, -0.25) is 24.1 Å². The summed E-state index contributed by atoms with van der Waals surface area (Å²) in [4.78, 5) is 65.9. The van der Waals surface area contributed by atoms with Gasteiger partial charge < -0.3 is 45.4 Å². The Kier molecular flexibility index (Phi) is 11.3. The summed E-state index contributed by atoms with van der Waals surface area (Å²) in [6, 6.07) is 16.1. The van der Waals surface area contributed by atoms with E-state index >= 15 is 0 Å². The number of halogens is 1. The summed E-state index contributed by atoms with van der Waals surface area (Å²) in [6.45, 7) is 2.90. The van der Waals surface area contributed by atoms with Crippen LogP contribution in [0.5, 0.6) is 5.75 Å². The number of hydrogen-bond donors (Lipinski definition) is 5. The highest BCUT2D eigenvalue weighted by Gasteiger charge is 2.36. The molecule has 0 bridgehead atoms. The second-order valence-electron chi connectivity index (χ2n) is 14.2. The zero-order chi connectivity index (χ0) is 41.2. The highest BCUT2D eigenvalue weighted by atomic mass is 35.5. The minimum Gasteiger partial charge on any atom is -0.487 e. The van der Waals surface area contributed by atoms with Crippen molar-refractivity contribution in [3.8, 4) is 5.75 Å². The molecule has 4 aromatic heterocycles. The molecule has 7 rings (SSSR count). The lowest BCUT2D eigenvalue weighted by Crippen LogP contribution is -2.34. The molecule has 0 radical (unpaired) electrons. The van der Waals surface area contributed by atoms with Crippen LogP contribution in [0.3, 0.4) is 0 Å². The Labute approximate surface area is 342 Å². The van der Waals surface area contributed by atoms with Crippen LogP contribution >= 0.6 is 22.9 Å². The lowest BCUT2D eigenvalue weighted by molar-refractivity contribution is -0.117. The van der Waals surface area contributed by atoms with Gasteiger partial charge in [-0.05, 0) is 47.2 Å². The molecule has 5 heterocycles. The van der Waals surface area contributed by atoms with Crippen LogP contribution in [0.2, 0.25) is 0 Å². The van der Waals surface area contributed by atoms with Gasteiger partial charge in [0.15, 0.2) is 0 Å². The van der Waals surface area contributed by atoms with Crippen LogP contribution in [0.15, 0.2) is 78.6 Å². The number of carbonyl (C=O) groups is 5. The number of fused-ring (bicyclic) bond motifs is 3. The fourth-order valence-electron chi connectivity index (χ4n) is 7.11. The van der Waals surface area contributed by atoms with Crippen molar-refractivity contribution in [3.05, 3.63) is 112 Å². The van der Waals surface area contributed by atoms with Crippen LogP contribution in [0.4, 0.5) is 27.5 Å². The molecular formula is C41H42ClN9O6S. The first-order chi connectivity index (χ1) is 27.8. The molecule has 6 amide bonds. The predicted octanol–water partition coefficient (Wildman–Crippen LogP) is 6.29. The minimum atomic E-state index is -0.531. The van der Waals surface area contributed by atoms with Crippen molar-refractivity contribution in [1.82, 2.24) is 19.0 Å². The average molecular weight is 824 g/mol. The molecule has 15 nitrogen and oxygen atoms in total. The third-order valence-electron chi connectivity index (χ3n) is 9.92. The van der Waals surface area contributed by atoms with Gasteiger partial charge in [0.25, 0.3) is 17.7 Å². The van der Waals surface area contributed by atoms with E-state index in [1.807, 2.05) is 36.4 Å². The van der Waals surface area contributed by atoms with Gasteiger partial charge in [-0.2, -0.15) is 0 Å². The van der Waals surface area contributed by atoms with Crippen molar-refractivity contribution in [2.75, 3.05) is 39.8 Å². The Morgan fingerprint density at radius 2 is 1.40 bits per heavy atom. The lowest BCUT2D eigenvalue weighted by atomic mass is 9.97. The predicted molar refractivity (Wildman–Crippen MR) is 225 cm³/mol.